The van der Waals surface area contributed by atoms with Gasteiger partial charge in [-0.1, -0.05) is 6.07 Å². The van der Waals surface area contributed by atoms with Gasteiger partial charge in [-0.05, 0) is 46.2 Å². The van der Waals surface area contributed by atoms with Gasteiger partial charge in [-0.15, -0.1) is 5.10 Å². The summed E-state index contributed by atoms with van der Waals surface area (Å²) in [5, 5.41) is 20.6. The lowest BCUT2D eigenvalue weighted by Gasteiger charge is -2.46. The molecule has 1 aromatic carbocycles. The molecule has 174 valence electrons. The number of aromatic nitrogens is 5. The van der Waals surface area contributed by atoms with Gasteiger partial charge in [-0.2, -0.15) is 21.7 Å². The van der Waals surface area contributed by atoms with E-state index in [4.69, 9.17) is 0 Å². The van der Waals surface area contributed by atoms with Crippen molar-refractivity contribution in [2.24, 2.45) is 0 Å². The van der Waals surface area contributed by atoms with Gasteiger partial charge in [-0.25, -0.2) is 4.39 Å². The second kappa shape index (κ2) is 9.48. The molecule has 2 aliphatic rings. The molecule has 2 atom stereocenters. The highest BCUT2D eigenvalue weighted by molar-refractivity contribution is 7.99. The summed E-state index contributed by atoms with van der Waals surface area (Å²) in [5.41, 5.74) is 3.41. The van der Waals surface area contributed by atoms with Crippen molar-refractivity contribution < 1.29 is 9.18 Å². The fourth-order valence-corrected chi connectivity index (χ4v) is 6.14. The molecule has 0 saturated carbocycles. The fraction of sp³-hybridized carbons (Fsp3) is 0.391. The van der Waals surface area contributed by atoms with Crippen molar-refractivity contribution in [2.45, 2.75) is 24.6 Å². The van der Waals surface area contributed by atoms with Crippen molar-refractivity contribution >= 4 is 17.7 Å². The third-order valence-corrected chi connectivity index (χ3v) is 7.89. The van der Waals surface area contributed by atoms with Crippen LogP contribution in [0.4, 0.5) is 4.39 Å². The maximum Gasteiger partial charge on any atom is 0.227 e. The minimum Gasteiger partial charge on any atom is -0.340 e. The molecule has 0 N–H and O–H groups in total. The standard InChI is InChI=1S/C23H23FN8OS/c1-15-19(2-3-21(24)20(15)8-25)22-12-30-4-5-31(11-18(30)13-34-22)23(33)7-16-6-17(10-26-9-16)32-14-27-28-29-32/h2-3,6,9-10,14,18,22H,4-5,7,11-13H2,1H3. The number of halogens is 1. The predicted octanol–water partition coefficient (Wildman–Crippen LogP) is 1.92. The number of pyridine rings is 1. The molecule has 3 aromatic rings. The van der Waals surface area contributed by atoms with Gasteiger partial charge >= 0.3 is 0 Å². The first kappa shape index (κ1) is 22.4. The Morgan fingerprint density at radius 2 is 2.18 bits per heavy atom. The summed E-state index contributed by atoms with van der Waals surface area (Å²) in [6.45, 7) is 4.79. The Bertz CT molecular complexity index is 1240. The zero-order valence-electron chi connectivity index (χ0n) is 18.6. The van der Waals surface area contributed by atoms with Crippen LogP contribution in [0.3, 0.4) is 0 Å². The smallest absolute Gasteiger partial charge is 0.227 e. The van der Waals surface area contributed by atoms with Crippen LogP contribution in [0.5, 0.6) is 0 Å². The quantitative estimate of drug-likeness (QED) is 0.560. The molecule has 2 aromatic heterocycles. The van der Waals surface area contributed by atoms with Crippen LogP contribution < -0.4 is 0 Å². The number of carbonyl (C=O) groups is 1. The number of thioether (sulfide) groups is 1. The van der Waals surface area contributed by atoms with Gasteiger partial charge in [0.2, 0.25) is 5.91 Å². The molecule has 4 heterocycles. The van der Waals surface area contributed by atoms with Crippen LogP contribution in [0.25, 0.3) is 5.69 Å². The van der Waals surface area contributed by atoms with Gasteiger partial charge in [0, 0.05) is 49.4 Å². The third-order valence-electron chi connectivity index (χ3n) is 6.51. The molecule has 2 fully saturated rings. The summed E-state index contributed by atoms with van der Waals surface area (Å²) in [6.07, 6.45) is 5.12. The summed E-state index contributed by atoms with van der Waals surface area (Å²) in [4.78, 5) is 21.6. The molecular weight excluding hydrogens is 455 g/mol. The van der Waals surface area contributed by atoms with Gasteiger partial charge in [-0.3, -0.25) is 14.7 Å². The second-order valence-corrected chi connectivity index (χ2v) is 9.78. The van der Waals surface area contributed by atoms with E-state index in [0.717, 1.165) is 35.5 Å². The number of hydrogen-bond acceptors (Lipinski definition) is 8. The fourth-order valence-electron chi connectivity index (χ4n) is 4.64. The molecule has 0 radical (unpaired) electrons. The molecule has 2 aliphatic heterocycles. The topological polar surface area (TPSA) is 104 Å². The summed E-state index contributed by atoms with van der Waals surface area (Å²) >= 11 is 1.82. The van der Waals surface area contributed by atoms with E-state index in [2.05, 4.69) is 25.4 Å². The molecule has 0 aliphatic carbocycles. The van der Waals surface area contributed by atoms with Crippen LogP contribution >= 0.6 is 11.8 Å². The lowest BCUT2D eigenvalue weighted by atomic mass is 9.99. The zero-order chi connectivity index (χ0) is 23.7. The van der Waals surface area contributed by atoms with Crippen molar-refractivity contribution in [3.05, 3.63) is 65.0 Å². The Hall–Kier alpha value is -3.36. The number of nitriles is 1. The van der Waals surface area contributed by atoms with Crippen molar-refractivity contribution in [1.82, 2.24) is 35.0 Å². The number of piperazine rings is 1. The van der Waals surface area contributed by atoms with Crippen molar-refractivity contribution in [2.75, 3.05) is 31.9 Å². The largest absolute Gasteiger partial charge is 0.340 e. The summed E-state index contributed by atoms with van der Waals surface area (Å²) in [5.74, 6) is 0.493. The van der Waals surface area contributed by atoms with Gasteiger partial charge in [0.05, 0.1) is 23.9 Å². The van der Waals surface area contributed by atoms with Crippen LogP contribution in [-0.4, -0.2) is 78.9 Å². The predicted molar refractivity (Wildman–Crippen MR) is 124 cm³/mol. The molecule has 9 nitrogen and oxygen atoms in total. The average molecular weight is 479 g/mol. The van der Waals surface area contributed by atoms with E-state index < -0.39 is 5.82 Å². The summed E-state index contributed by atoms with van der Waals surface area (Å²) in [6, 6.07) is 7.35. The molecule has 34 heavy (non-hydrogen) atoms. The highest BCUT2D eigenvalue weighted by Crippen LogP contribution is 2.39. The minimum atomic E-state index is -0.465. The van der Waals surface area contributed by atoms with Gasteiger partial charge in [0.25, 0.3) is 0 Å². The highest BCUT2D eigenvalue weighted by Gasteiger charge is 2.36. The molecule has 2 unspecified atom stereocenters. The van der Waals surface area contributed by atoms with Crippen LogP contribution in [0.1, 0.15) is 27.5 Å². The van der Waals surface area contributed by atoms with Gasteiger partial charge in [0.1, 0.15) is 18.2 Å². The molecule has 0 bridgehead atoms. The highest BCUT2D eigenvalue weighted by atomic mass is 32.2. The van der Waals surface area contributed by atoms with Gasteiger partial charge in [0.15, 0.2) is 0 Å². The molecule has 1 amide bonds. The van der Waals surface area contributed by atoms with E-state index in [1.165, 1.54) is 17.1 Å². The van der Waals surface area contributed by atoms with Crippen molar-refractivity contribution in [1.29, 1.82) is 5.26 Å². The molecular formula is C23H23FN8OS. The zero-order valence-corrected chi connectivity index (χ0v) is 19.5. The number of carbonyl (C=O) groups excluding carboxylic acids is 1. The molecule has 2 saturated heterocycles. The number of fused-ring (bicyclic) bond motifs is 1. The summed E-state index contributed by atoms with van der Waals surface area (Å²) in [7, 11) is 0. The van der Waals surface area contributed by atoms with Crippen LogP contribution in [0.15, 0.2) is 36.9 Å². The van der Waals surface area contributed by atoms with Crippen molar-refractivity contribution in [3.8, 4) is 11.8 Å². The maximum atomic E-state index is 13.9. The Kier molecular flexibility index (Phi) is 6.26. The SMILES string of the molecule is Cc1c(C2CN3CCN(C(=O)Cc4cncc(-n5cnnn5)c4)CC3CS2)ccc(F)c1C#N. The van der Waals surface area contributed by atoms with E-state index in [0.29, 0.717) is 18.8 Å². The monoisotopic (exact) mass is 478 g/mol. The molecule has 11 heteroatoms. The number of amides is 1. The average Bonchev–Trinajstić information content (AvgIpc) is 3.39. The lowest BCUT2D eigenvalue weighted by Crippen LogP contribution is -2.58. The number of tetrazole rings is 1. The van der Waals surface area contributed by atoms with E-state index in [-0.39, 0.29) is 29.2 Å². The Morgan fingerprint density at radius 1 is 1.29 bits per heavy atom. The Morgan fingerprint density at radius 3 is 2.97 bits per heavy atom. The van der Waals surface area contributed by atoms with E-state index in [1.54, 1.807) is 18.5 Å². The van der Waals surface area contributed by atoms with E-state index >= 15 is 0 Å². The van der Waals surface area contributed by atoms with E-state index in [1.807, 2.05) is 35.7 Å². The maximum absolute atomic E-state index is 13.9. The van der Waals surface area contributed by atoms with E-state index in [9.17, 15) is 14.4 Å². The Balaban J connectivity index is 1.22. The number of benzene rings is 1. The van der Waals surface area contributed by atoms with Crippen molar-refractivity contribution in [3.63, 3.8) is 0 Å². The molecule has 5 rings (SSSR count). The van der Waals surface area contributed by atoms with Crippen LogP contribution in [0.2, 0.25) is 0 Å². The lowest BCUT2D eigenvalue weighted by molar-refractivity contribution is -0.133. The van der Waals surface area contributed by atoms with Gasteiger partial charge < -0.3 is 4.90 Å². The normalized spacial score (nSPS) is 20.6. The minimum absolute atomic E-state index is 0.0791. The van der Waals surface area contributed by atoms with Crippen LogP contribution in [0, 0.1) is 24.1 Å². The first-order valence-corrected chi connectivity index (χ1v) is 12.1. The number of rotatable bonds is 4. The number of hydrogen-bond donors (Lipinski definition) is 0. The third kappa shape index (κ3) is 4.38. The molecule has 0 spiro atoms. The first-order chi connectivity index (χ1) is 16.5. The first-order valence-electron chi connectivity index (χ1n) is 11.0. The van der Waals surface area contributed by atoms with Crippen LogP contribution in [-0.2, 0) is 11.2 Å². The summed E-state index contributed by atoms with van der Waals surface area (Å²) < 4.78 is 15.5. The number of nitrogens with zero attached hydrogens (tertiary/aromatic N) is 8. The Labute approximate surface area is 200 Å². The second-order valence-electron chi connectivity index (χ2n) is 8.54.